The highest BCUT2D eigenvalue weighted by Crippen LogP contribution is 2.35. The van der Waals surface area contributed by atoms with E-state index in [1.165, 1.54) is 0 Å². The summed E-state index contributed by atoms with van der Waals surface area (Å²) < 4.78 is 0. The molecule has 0 aromatic carbocycles. The average Bonchev–Trinajstić information content (AvgIpc) is 2.38. The molecule has 1 saturated carbocycles. The van der Waals surface area contributed by atoms with Crippen LogP contribution in [0.5, 0.6) is 0 Å². The quantitative estimate of drug-likeness (QED) is 0.614. The van der Waals surface area contributed by atoms with E-state index in [1.54, 1.807) is 0 Å². The van der Waals surface area contributed by atoms with Crippen LogP contribution in [0.2, 0.25) is 0 Å². The molecule has 0 amide bonds. The van der Waals surface area contributed by atoms with Gasteiger partial charge in [-0.1, -0.05) is 12.8 Å². The Morgan fingerprint density at radius 2 is 2.13 bits per heavy atom. The molecular weight excluding hydrogens is 194 g/mol. The fourth-order valence-electron chi connectivity index (χ4n) is 2.43. The van der Waals surface area contributed by atoms with Crippen molar-refractivity contribution >= 4 is 5.97 Å². The van der Waals surface area contributed by atoms with Crippen LogP contribution in [0.3, 0.4) is 0 Å². The third-order valence-electron chi connectivity index (χ3n) is 3.41. The Labute approximate surface area is 90.5 Å². The maximum Gasteiger partial charge on any atom is 0.335 e. The van der Waals surface area contributed by atoms with Crippen molar-refractivity contribution in [3.05, 3.63) is 0 Å². The summed E-state index contributed by atoms with van der Waals surface area (Å²) in [6.45, 7) is 0.562. The van der Waals surface area contributed by atoms with Crippen LogP contribution in [-0.2, 0) is 4.79 Å². The lowest BCUT2D eigenvalue weighted by atomic mass is 9.80. The van der Waals surface area contributed by atoms with E-state index in [0.29, 0.717) is 13.0 Å². The van der Waals surface area contributed by atoms with Crippen molar-refractivity contribution < 1.29 is 15.0 Å². The van der Waals surface area contributed by atoms with Gasteiger partial charge in [-0.15, -0.1) is 0 Å². The molecule has 4 heteroatoms. The first kappa shape index (κ1) is 12.5. The van der Waals surface area contributed by atoms with Crippen LogP contribution < -0.4 is 5.73 Å². The minimum Gasteiger partial charge on any atom is -0.479 e. The van der Waals surface area contributed by atoms with Crippen molar-refractivity contribution in [2.24, 2.45) is 11.7 Å². The number of hydrogen-bond acceptors (Lipinski definition) is 3. The summed E-state index contributed by atoms with van der Waals surface area (Å²) in [5.41, 5.74) is 3.91. The van der Waals surface area contributed by atoms with Crippen LogP contribution in [0.15, 0.2) is 0 Å². The molecule has 1 aliphatic carbocycles. The van der Waals surface area contributed by atoms with Gasteiger partial charge in [-0.2, -0.15) is 0 Å². The van der Waals surface area contributed by atoms with Gasteiger partial charge >= 0.3 is 5.97 Å². The van der Waals surface area contributed by atoms with Crippen molar-refractivity contribution in [1.82, 2.24) is 0 Å². The third kappa shape index (κ3) is 2.92. The van der Waals surface area contributed by atoms with Crippen molar-refractivity contribution in [2.45, 2.75) is 50.5 Å². The highest BCUT2D eigenvalue weighted by molar-refractivity contribution is 5.77. The normalized spacial score (nSPS) is 32.3. The highest BCUT2D eigenvalue weighted by Gasteiger charge is 2.43. The molecule has 2 atom stereocenters. The number of nitrogens with two attached hydrogens (primary N) is 1. The first-order chi connectivity index (χ1) is 7.11. The number of carboxylic acids is 1. The van der Waals surface area contributed by atoms with Gasteiger partial charge in [0.25, 0.3) is 0 Å². The van der Waals surface area contributed by atoms with Crippen molar-refractivity contribution in [3.63, 3.8) is 0 Å². The van der Waals surface area contributed by atoms with Crippen LogP contribution in [0, 0.1) is 5.92 Å². The summed E-state index contributed by atoms with van der Waals surface area (Å²) in [7, 11) is 0. The Hall–Kier alpha value is -0.610. The van der Waals surface area contributed by atoms with Gasteiger partial charge in [0.15, 0.2) is 5.60 Å². The molecule has 0 spiro atoms. The Balaban J connectivity index is 2.71. The number of rotatable bonds is 4. The first-order valence-corrected chi connectivity index (χ1v) is 5.77. The van der Waals surface area contributed by atoms with E-state index in [1.807, 2.05) is 0 Å². The maximum atomic E-state index is 11.1. The molecule has 1 rings (SSSR count). The van der Waals surface area contributed by atoms with Crippen LogP contribution in [0.25, 0.3) is 0 Å². The predicted molar refractivity (Wildman–Crippen MR) is 57.4 cm³/mol. The van der Waals surface area contributed by atoms with E-state index >= 15 is 0 Å². The van der Waals surface area contributed by atoms with Gasteiger partial charge < -0.3 is 15.9 Å². The van der Waals surface area contributed by atoms with Crippen molar-refractivity contribution in [1.29, 1.82) is 0 Å². The van der Waals surface area contributed by atoms with Gasteiger partial charge in [0.2, 0.25) is 0 Å². The Morgan fingerprint density at radius 3 is 2.73 bits per heavy atom. The highest BCUT2D eigenvalue weighted by atomic mass is 16.4. The van der Waals surface area contributed by atoms with Crippen LogP contribution >= 0.6 is 0 Å². The fourth-order valence-corrected chi connectivity index (χ4v) is 2.43. The van der Waals surface area contributed by atoms with E-state index in [2.05, 4.69) is 0 Å². The minimum absolute atomic E-state index is 0.124. The lowest BCUT2D eigenvalue weighted by Gasteiger charge is -2.30. The van der Waals surface area contributed by atoms with Crippen molar-refractivity contribution in [2.75, 3.05) is 6.54 Å². The van der Waals surface area contributed by atoms with E-state index < -0.39 is 11.6 Å². The molecule has 0 heterocycles. The molecule has 2 unspecified atom stereocenters. The van der Waals surface area contributed by atoms with Gasteiger partial charge in [0.1, 0.15) is 0 Å². The third-order valence-corrected chi connectivity index (χ3v) is 3.41. The summed E-state index contributed by atoms with van der Waals surface area (Å²) in [6.07, 6.45) is 5.56. The monoisotopic (exact) mass is 215 g/mol. The molecule has 1 fully saturated rings. The Bertz CT molecular complexity index is 220. The number of aliphatic carboxylic acids is 1. The molecule has 0 radical (unpaired) electrons. The average molecular weight is 215 g/mol. The lowest BCUT2D eigenvalue weighted by Crippen LogP contribution is -2.45. The largest absolute Gasteiger partial charge is 0.479 e. The Morgan fingerprint density at radius 1 is 1.40 bits per heavy atom. The van der Waals surface area contributed by atoms with Crippen LogP contribution in [0.1, 0.15) is 44.9 Å². The Kier molecular flexibility index (Phi) is 4.54. The van der Waals surface area contributed by atoms with E-state index in [9.17, 15) is 9.90 Å². The summed E-state index contributed by atoms with van der Waals surface area (Å²) >= 11 is 0. The number of carbonyl (C=O) groups is 1. The maximum absolute atomic E-state index is 11.1. The second-order valence-corrected chi connectivity index (χ2v) is 4.46. The van der Waals surface area contributed by atoms with E-state index in [4.69, 9.17) is 10.8 Å². The smallest absolute Gasteiger partial charge is 0.335 e. The van der Waals surface area contributed by atoms with Gasteiger partial charge in [-0.25, -0.2) is 4.79 Å². The van der Waals surface area contributed by atoms with Gasteiger partial charge in [0, 0.05) is 0 Å². The summed E-state index contributed by atoms with van der Waals surface area (Å²) in [5.74, 6) is -1.19. The van der Waals surface area contributed by atoms with Gasteiger partial charge in [-0.05, 0) is 44.6 Å². The predicted octanol–water partition coefficient (Wildman–Crippen LogP) is 1.12. The zero-order valence-electron chi connectivity index (χ0n) is 9.11. The first-order valence-electron chi connectivity index (χ1n) is 5.77. The molecule has 0 aromatic heterocycles. The topological polar surface area (TPSA) is 83.5 Å². The van der Waals surface area contributed by atoms with E-state index in [-0.39, 0.29) is 5.92 Å². The summed E-state index contributed by atoms with van der Waals surface area (Å²) in [5, 5.41) is 19.3. The van der Waals surface area contributed by atoms with Gasteiger partial charge in [0.05, 0.1) is 0 Å². The molecule has 0 saturated heterocycles. The zero-order valence-corrected chi connectivity index (χ0v) is 9.11. The molecule has 15 heavy (non-hydrogen) atoms. The van der Waals surface area contributed by atoms with Crippen LogP contribution in [-0.4, -0.2) is 28.3 Å². The van der Waals surface area contributed by atoms with Gasteiger partial charge in [-0.3, -0.25) is 0 Å². The molecule has 0 aliphatic heterocycles. The molecule has 88 valence electrons. The summed E-state index contributed by atoms with van der Waals surface area (Å²) in [4.78, 5) is 11.1. The minimum atomic E-state index is -1.51. The number of carboxylic acid groups (broad SMARTS) is 1. The van der Waals surface area contributed by atoms with E-state index in [0.717, 1.165) is 38.5 Å². The lowest BCUT2D eigenvalue weighted by molar-refractivity contribution is -0.166. The van der Waals surface area contributed by atoms with Crippen LogP contribution in [0.4, 0.5) is 0 Å². The molecule has 4 N–H and O–H groups in total. The second kappa shape index (κ2) is 5.47. The van der Waals surface area contributed by atoms with Crippen molar-refractivity contribution in [3.8, 4) is 0 Å². The molecule has 1 aliphatic rings. The molecule has 4 nitrogen and oxygen atoms in total. The number of aliphatic hydroxyl groups is 1. The fraction of sp³-hybridized carbons (Fsp3) is 0.909. The molecule has 0 aromatic rings. The number of hydrogen-bond donors (Lipinski definition) is 3. The molecular formula is C11H21NO3. The molecule has 0 bridgehead atoms. The SMILES string of the molecule is NCCCC1CCCCCC1(O)C(=O)O. The summed E-state index contributed by atoms with van der Waals surface area (Å²) in [6, 6.07) is 0. The zero-order chi connectivity index (χ0) is 11.3. The second-order valence-electron chi connectivity index (χ2n) is 4.46. The standard InChI is InChI=1S/C11H21NO3/c12-8-4-6-9-5-2-1-3-7-11(9,15)10(13)14/h9,15H,1-8,12H2,(H,13,14).